The molecule has 5 nitrogen and oxygen atoms in total. The maximum atomic E-state index is 13.4. The number of likely N-dealkylation sites (tertiary alicyclic amines) is 1. The van der Waals surface area contributed by atoms with E-state index in [1.54, 1.807) is 11.1 Å². The number of nitrogens with zero attached hydrogens (tertiary/aromatic N) is 2. The van der Waals surface area contributed by atoms with E-state index >= 15 is 0 Å². The second-order valence-electron chi connectivity index (χ2n) is 7.46. The van der Waals surface area contributed by atoms with Crippen LogP contribution in [-0.2, 0) is 21.0 Å². The summed E-state index contributed by atoms with van der Waals surface area (Å²) in [4.78, 5) is 34.0. The normalized spacial score (nSPS) is 23.2. The van der Waals surface area contributed by atoms with E-state index in [0.29, 0.717) is 5.02 Å². The summed E-state index contributed by atoms with van der Waals surface area (Å²) >= 11 is 6.24. The topological polar surface area (TPSA) is 49.9 Å². The number of carbonyl (C=O) groups is 2. The number of hydrogen-bond acceptors (Lipinski definition) is 4. The molecule has 0 bridgehead atoms. The average molecular weight is 419 g/mol. The number of fused-ring (bicyclic) bond motifs is 1. The molecular weight excluding hydrogens is 400 g/mol. The van der Waals surface area contributed by atoms with Crippen LogP contribution in [0.4, 0.5) is 5.69 Å². The van der Waals surface area contributed by atoms with Gasteiger partial charge in [-0.25, -0.2) is 5.06 Å². The van der Waals surface area contributed by atoms with Crippen LogP contribution in [0.3, 0.4) is 0 Å². The predicted molar refractivity (Wildman–Crippen MR) is 113 cm³/mol. The fraction of sp³-hybridized carbons (Fsp3) is 0.167. The van der Waals surface area contributed by atoms with Gasteiger partial charge in [-0.15, -0.1) is 0 Å². The number of carbonyl (C=O) groups excluding carboxylic acids is 2. The van der Waals surface area contributed by atoms with Crippen LogP contribution in [0.2, 0.25) is 5.02 Å². The third kappa shape index (κ3) is 3.16. The highest BCUT2D eigenvalue weighted by Crippen LogP contribution is 2.47. The van der Waals surface area contributed by atoms with Crippen molar-refractivity contribution >= 4 is 29.1 Å². The van der Waals surface area contributed by atoms with Crippen LogP contribution in [0.15, 0.2) is 84.9 Å². The Morgan fingerprint density at radius 2 is 1.53 bits per heavy atom. The molecule has 2 saturated heterocycles. The molecular formula is C24H19ClN2O3. The Labute approximate surface area is 179 Å². The number of benzene rings is 3. The van der Waals surface area contributed by atoms with Gasteiger partial charge in [-0.2, -0.15) is 0 Å². The Morgan fingerprint density at radius 1 is 0.833 bits per heavy atom. The largest absolute Gasteiger partial charge is 0.275 e. The van der Waals surface area contributed by atoms with Gasteiger partial charge in [-0.1, -0.05) is 72.3 Å². The summed E-state index contributed by atoms with van der Waals surface area (Å²) < 4.78 is 0. The molecule has 5 rings (SSSR count). The highest BCUT2D eigenvalue weighted by atomic mass is 35.5. The number of rotatable bonds is 4. The van der Waals surface area contributed by atoms with Crippen LogP contribution < -0.4 is 5.06 Å². The van der Waals surface area contributed by atoms with Gasteiger partial charge in [0.1, 0.15) is 5.92 Å². The minimum Gasteiger partial charge on any atom is -0.275 e. The fourth-order valence-corrected chi connectivity index (χ4v) is 4.42. The second kappa shape index (κ2) is 7.59. The lowest BCUT2D eigenvalue weighted by Gasteiger charge is -2.28. The molecule has 0 aliphatic carbocycles. The van der Waals surface area contributed by atoms with Gasteiger partial charge >= 0.3 is 0 Å². The molecule has 2 heterocycles. The zero-order valence-corrected chi connectivity index (χ0v) is 16.8. The van der Waals surface area contributed by atoms with Gasteiger partial charge in [-0.05, 0) is 35.4 Å². The van der Waals surface area contributed by atoms with Crippen molar-refractivity contribution in [2.45, 2.75) is 18.7 Å². The Hall–Kier alpha value is -3.15. The third-order valence-electron chi connectivity index (χ3n) is 5.59. The molecule has 3 aromatic rings. The van der Waals surface area contributed by atoms with Crippen molar-refractivity contribution < 1.29 is 14.4 Å². The molecule has 2 amide bonds. The summed E-state index contributed by atoms with van der Waals surface area (Å²) in [5.41, 5.74) is 2.52. The summed E-state index contributed by atoms with van der Waals surface area (Å²) in [7, 11) is 0. The number of imide groups is 1. The molecule has 0 unspecified atom stereocenters. The second-order valence-corrected chi connectivity index (χ2v) is 7.90. The SMILES string of the molecule is O=C1[C@@H]2[C@@H](c3cccc(Cl)c3)N(c3ccccc3)O[C@H]2C(=O)N1Cc1ccccc1. The molecule has 6 heteroatoms. The monoisotopic (exact) mass is 418 g/mol. The molecule has 2 fully saturated rings. The van der Waals surface area contributed by atoms with Crippen LogP contribution in [0.5, 0.6) is 0 Å². The fourth-order valence-electron chi connectivity index (χ4n) is 4.22. The molecule has 0 aromatic heterocycles. The first-order chi connectivity index (χ1) is 14.6. The van der Waals surface area contributed by atoms with Crippen molar-refractivity contribution in [2.75, 3.05) is 5.06 Å². The van der Waals surface area contributed by atoms with Crippen LogP contribution >= 0.6 is 11.6 Å². The van der Waals surface area contributed by atoms with E-state index in [1.165, 1.54) is 4.90 Å². The first-order valence-corrected chi connectivity index (χ1v) is 10.2. The number of halogens is 1. The zero-order valence-electron chi connectivity index (χ0n) is 16.0. The molecule has 0 N–H and O–H groups in total. The van der Waals surface area contributed by atoms with Gasteiger partial charge < -0.3 is 0 Å². The molecule has 30 heavy (non-hydrogen) atoms. The lowest BCUT2D eigenvalue weighted by atomic mass is 9.90. The molecule has 150 valence electrons. The minimum atomic E-state index is -0.856. The van der Waals surface area contributed by atoms with E-state index in [0.717, 1.165) is 16.8 Å². The van der Waals surface area contributed by atoms with Crippen LogP contribution in [0.25, 0.3) is 0 Å². The van der Waals surface area contributed by atoms with Gasteiger partial charge in [0.05, 0.1) is 18.3 Å². The molecule has 0 saturated carbocycles. The molecule has 3 atom stereocenters. The van der Waals surface area contributed by atoms with Crippen molar-refractivity contribution in [1.82, 2.24) is 4.90 Å². The van der Waals surface area contributed by atoms with Crippen LogP contribution in [-0.4, -0.2) is 22.8 Å². The molecule has 2 aliphatic rings. The van der Waals surface area contributed by atoms with Gasteiger partial charge in [0.2, 0.25) is 5.91 Å². The van der Waals surface area contributed by atoms with Crippen molar-refractivity contribution in [3.05, 3.63) is 101 Å². The molecule has 0 spiro atoms. The van der Waals surface area contributed by atoms with Crippen molar-refractivity contribution in [3.63, 3.8) is 0 Å². The van der Waals surface area contributed by atoms with Crippen LogP contribution in [0.1, 0.15) is 17.2 Å². The number of hydrogen-bond donors (Lipinski definition) is 0. The van der Waals surface area contributed by atoms with Gasteiger partial charge in [0, 0.05) is 5.02 Å². The third-order valence-corrected chi connectivity index (χ3v) is 5.83. The van der Waals surface area contributed by atoms with Gasteiger partial charge in [0.15, 0.2) is 6.10 Å². The maximum Gasteiger partial charge on any atom is 0.262 e. The highest BCUT2D eigenvalue weighted by Gasteiger charge is 2.59. The molecule has 3 aromatic carbocycles. The molecule has 2 aliphatic heterocycles. The summed E-state index contributed by atoms with van der Waals surface area (Å²) in [6, 6.07) is 25.9. The first kappa shape index (κ1) is 18.9. The number of para-hydroxylation sites is 1. The maximum absolute atomic E-state index is 13.4. The van der Waals surface area contributed by atoms with Crippen molar-refractivity contribution in [3.8, 4) is 0 Å². The number of amides is 2. The Balaban J connectivity index is 1.53. The lowest BCUT2D eigenvalue weighted by molar-refractivity contribution is -0.143. The Bertz CT molecular complexity index is 1090. The van der Waals surface area contributed by atoms with E-state index in [1.807, 2.05) is 78.9 Å². The highest BCUT2D eigenvalue weighted by molar-refractivity contribution is 6.30. The standard InChI is InChI=1S/C24H19ClN2O3/c25-18-11-7-10-17(14-18)21-20-22(30-27(21)19-12-5-2-6-13-19)24(29)26(23(20)28)15-16-8-3-1-4-9-16/h1-14,20-22H,15H2/t20-,21-,22-/m1/s1. The minimum absolute atomic E-state index is 0.225. The summed E-state index contributed by atoms with van der Waals surface area (Å²) in [6.45, 7) is 0.239. The van der Waals surface area contributed by atoms with Crippen molar-refractivity contribution in [2.24, 2.45) is 5.92 Å². The summed E-state index contributed by atoms with van der Waals surface area (Å²) in [5.74, 6) is -1.17. The predicted octanol–water partition coefficient (Wildman–Crippen LogP) is 4.39. The van der Waals surface area contributed by atoms with Gasteiger partial charge in [0.25, 0.3) is 5.91 Å². The van der Waals surface area contributed by atoms with Crippen molar-refractivity contribution in [1.29, 1.82) is 0 Å². The van der Waals surface area contributed by atoms with E-state index in [2.05, 4.69) is 0 Å². The van der Waals surface area contributed by atoms with Gasteiger partial charge in [-0.3, -0.25) is 19.3 Å². The summed E-state index contributed by atoms with van der Waals surface area (Å²) in [6.07, 6.45) is -0.856. The quantitative estimate of drug-likeness (QED) is 0.590. The zero-order chi connectivity index (χ0) is 20.7. The summed E-state index contributed by atoms with van der Waals surface area (Å²) in [5, 5.41) is 2.25. The van der Waals surface area contributed by atoms with E-state index in [-0.39, 0.29) is 18.4 Å². The van der Waals surface area contributed by atoms with E-state index in [4.69, 9.17) is 16.4 Å². The van der Waals surface area contributed by atoms with E-state index in [9.17, 15) is 9.59 Å². The Morgan fingerprint density at radius 3 is 2.23 bits per heavy atom. The van der Waals surface area contributed by atoms with Crippen LogP contribution in [0, 0.1) is 5.92 Å². The Kier molecular flexibility index (Phi) is 4.77. The average Bonchev–Trinajstić information content (AvgIpc) is 3.27. The lowest BCUT2D eigenvalue weighted by Crippen LogP contribution is -2.36. The van der Waals surface area contributed by atoms with E-state index < -0.39 is 18.1 Å². The molecule has 0 radical (unpaired) electrons. The number of hydroxylamine groups is 1. The number of anilines is 1. The smallest absolute Gasteiger partial charge is 0.262 e. The first-order valence-electron chi connectivity index (χ1n) is 9.79.